The molecule has 0 aliphatic heterocycles. The first-order chi connectivity index (χ1) is 10.4. The van der Waals surface area contributed by atoms with Crippen molar-refractivity contribution in [3.8, 4) is 0 Å². The molecule has 0 saturated heterocycles. The first kappa shape index (κ1) is 14.9. The minimum absolute atomic E-state index is 0.0279. The molecule has 0 spiro atoms. The van der Waals surface area contributed by atoms with E-state index in [0.29, 0.717) is 29.5 Å². The van der Waals surface area contributed by atoms with Gasteiger partial charge in [0.1, 0.15) is 5.78 Å². The van der Waals surface area contributed by atoms with E-state index in [9.17, 15) is 9.90 Å². The highest BCUT2D eigenvalue weighted by Crippen LogP contribution is 2.66. The van der Waals surface area contributed by atoms with Crippen LogP contribution in [0.5, 0.6) is 0 Å². The first-order valence-corrected chi connectivity index (χ1v) is 9.27. The van der Waals surface area contributed by atoms with Gasteiger partial charge in [-0.15, -0.1) is 0 Å². The molecule has 4 rings (SSSR count). The molecule has 4 aliphatic carbocycles. The predicted molar refractivity (Wildman–Crippen MR) is 87.3 cm³/mol. The van der Waals surface area contributed by atoms with Crippen LogP contribution in [-0.4, -0.2) is 17.0 Å². The lowest BCUT2D eigenvalue weighted by Gasteiger charge is -2.60. The van der Waals surface area contributed by atoms with Crippen molar-refractivity contribution in [1.82, 2.24) is 0 Å². The topological polar surface area (TPSA) is 37.3 Å². The van der Waals surface area contributed by atoms with Gasteiger partial charge >= 0.3 is 0 Å². The van der Waals surface area contributed by atoms with Crippen molar-refractivity contribution in [2.24, 2.45) is 34.5 Å². The van der Waals surface area contributed by atoms with E-state index in [1.165, 1.54) is 24.8 Å². The van der Waals surface area contributed by atoms with Crippen LogP contribution in [0.1, 0.15) is 65.2 Å². The van der Waals surface area contributed by atoms with Crippen molar-refractivity contribution in [2.75, 3.05) is 0 Å². The molecule has 2 heteroatoms. The van der Waals surface area contributed by atoms with Gasteiger partial charge in [0.15, 0.2) is 0 Å². The second-order valence-corrected chi connectivity index (χ2v) is 9.05. The van der Waals surface area contributed by atoms with Gasteiger partial charge in [0, 0.05) is 11.8 Å². The Labute approximate surface area is 134 Å². The van der Waals surface area contributed by atoms with Crippen molar-refractivity contribution >= 4 is 5.78 Å². The molecule has 4 saturated carbocycles. The molecule has 0 bridgehead atoms. The third kappa shape index (κ3) is 1.74. The smallest absolute Gasteiger partial charge is 0.139 e. The first-order valence-electron chi connectivity index (χ1n) is 9.27. The molecule has 122 valence electrons. The van der Waals surface area contributed by atoms with Gasteiger partial charge in [-0.05, 0) is 74.0 Å². The number of ketones is 1. The van der Waals surface area contributed by atoms with E-state index in [0.717, 1.165) is 32.1 Å². The fourth-order valence-electron chi connectivity index (χ4n) is 7.03. The summed E-state index contributed by atoms with van der Waals surface area (Å²) in [6.45, 7) is 9.08. The van der Waals surface area contributed by atoms with Crippen molar-refractivity contribution < 1.29 is 9.90 Å². The van der Waals surface area contributed by atoms with E-state index >= 15 is 0 Å². The summed E-state index contributed by atoms with van der Waals surface area (Å²) in [6.07, 6.45) is 8.24. The van der Waals surface area contributed by atoms with Crippen LogP contribution in [0.4, 0.5) is 0 Å². The molecule has 0 amide bonds. The van der Waals surface area contributed by atoms with E-state index in [2.05, 4.69) is 20.4 Å². The Balaban J connectivity index is 1.69. The lowest BCUT2D eigenvalue weighted by molar-refractivity contribution is -0.136. The van der Waals surface area contributed by atoms with E-state index in [-0.39, 0.29) is 16.9 Å². The van der Waals surface area contributed by atoms with E-state index < -0.39 is 0 Å². The van der Waals surface area contributed by atoms with Crippen LogP contribution < -0.4 is 0 Å². The van der Waals surface area contributed by atoms with Crippen LogP contribution in [0.3, 0.4) is 0 Å². The molecule has 1 unspecified atom stereocenters. The van der Waals surface area contributed by atoms with Crippen molar-refractivity contribution in [2.45, 2.75) is 71.3 Å². The van der Waals surface area contributed by atoms with Crippen molar-refractivity contribution in [1.29, 1.82) is 0 Å². The zero-order chi connectivity index (χ0) is 15.7. The Morgan fingerprint density at radius 1 is 1.14 bits per heavy atom. The Morgan fingerprint density at radius 2 is 1.91 bits per heavy atom. The maximum atomic E-state index is 12.4. The van der Waals surface area contributed by atoms with Crippen LogP contribution in [0.25, 0.3) is 0 Å². The lowest BCUT2D eigenvalue weighted by atomic mass is 9.44. The Morgan fingerprint density at radius 3 is 2.68 bits per heavy atom. The molecule has 4 aliphatic rings. The molecule has 0 aromatic rings. The van der Waals surface area contributed by atoms with Gasteiger partial charge in [0.25, 0.3) is 0 Å². The average Bonchev–Trinajstić information content (AvgIpc) is 2.77. The Hall–Kier alpha value is -0.630. The molecule has 4 fully saturated rings. The van der Waals surface area contributed by atoms with Crippen LogP contribution in [0.15, 0.2) is 12.2 Å². The second-order valence-electron chi connectivity index (χ2n) is 9.05. The molecule has 1 N–H and O–H groups in total. The molecule has 0 aromatic carbocycles. The summed E-state index contributed by atoms with van der Waals surface area (Å²) in [4.78, 5) is 12.4. The van der Waals surface area contributed by atoms with Crippen molar-refractivity contribution in [3.05, 3.63) is 12.2 Å². The highest BCUT2D eigenvalue weighted by atomic mass is 16.3. The van der Waals surface area contributed by atoms with Gasteiger partial charge < -0.3 is 5.11 Å². The highest BCUT2D eigenvalue weighted by Gasteiger charge is 2.60. The zero-order valence-corrected chi connectivity index (χ0v) is 14.1. The number of hydrogen-bond acceptors (Lipinski definition) is 2. The number of aliphatic hydroxyl groups excluding tert-OH is 1. The fraction of sp³-hybridized carbons (Fsp3) is 0.850. The largest absolute Gasteiger partial charge is 0.393 e. The SMILES string of the molecule is C=C1C[C@@H](O)CC2CC[C@@H]3[C@H](CC[C@]4(C)C(=O)CC[C@@H]34)[C@@]12C. The maximum absolute atomic E-state index is 12.4. The third-order valence-corrected chi connectivity index (χ3v) is 8.41. The number of hydrogen-bond donors (Lipinski definition) is 1. The van der Waals surface area contributed by atoms with Gasteiger partial charge in [-0.2, -0.15) is 0 Å². The minimum Gasteiger partial charge on any atom is -0.393 e. The predicted octanol–water partition coefficient (Wildman–Crippen LogP) is 4.13. The maximum Gasteiger partial charge on any atom is 0.139 e. The Kier molecular flexibility index (Phi) is 3.18. The molecular formula is C20H30O2. The standard InChI is InChI=1S/C20H30O2/c1-12-10-14(21)11-13-4-5-15-16-6-7-18(22)19(16,2)9-8-17(15)20(12,13)3/h13-17,21H,1,4-11H2,2-3H3/t13?,14-,15+,16+,17+,19+,20+/m1/s1. The van der Waals surface area contributed by atoms with E-state index in [4.69, 9.17) is 0 Å². The summed E-state index contributed by atoms with van der Waals surface area (Å²) in [6, 6.07) is 0. The monoisotopic (exact) mass is 302 g/mol. The summed E-state index contributed by atoms with van der Waals surface area (Å²) in [5.41, 5.74) is 1.47. The summed E-state index contributed by atoms with van der Waals surface area (Å²) in [5.74, 6) is 3.14. The normalized spacial score (nSPS) is 54.6. The van der Waals surface area contributed by atoms with Crippen LogP contribution in [-0.2, 0) is 4.79 Å². The molecule has 7 atom stereocenters. The highest BCUT2D eigenvalue weighted by molar-refractivity contribution is 5.87. The average molecular weight is 302 g/mol. The lowest BCUT2D eigenvalue weighted by Crippen LogP contribution is -2.54. The molecule has 2 nitrogen and oxygen atoms in total. The number of carbonyl (C=O) groups excluding carboxylic acids is 1. The molecule has 0 heterocycles. The molecular weight excluding hydrogens is 272 g/mol. The summed E-state index contributed by atoms with van der Waals surface area (Å²) >= 11 is 0. The second kappa shape index (κ2) is 4.69. The molecule has 0 radical (unpaired) electrons. The van der Waals surface area contributed by atoms with Gasteiger partial charge in [-0.25, -0.2) is 0 Å². The van der Waals surface area contributed by atoms with Gasteiger partial charge in [0.05, 0.1) is 6.10 Å². The number of carbonyl (C=O) groups is 1. The number of fused-ring (bicyclic) bond motifs is 5. The minimum atomic E-state index is -0.177. The van der Waals surface area contributed by atoms with Crippen molar-refractivity contribution in [3.63, 3.8) is 0 Å². The number of Topliss-reactive ketones (excluding diaryl/α,β-unsaturated/α-hetero) is 1. The van der Waals surface area contributed by atoms with Gasteiger partial charge in [-0.3, -0.25) is 4.79 Å². The van der Waals surface area contributed by atoms with E-state index in [1.807, 2.05) is 0 Å². The van der Waals surface area contributed by atoms with E-state index in [1.54, 1.807) is 0 Å². The molecule has 0 aromatic heterocycles. The van der Waals surface area contributed by atoms with Gasteiger partial charge in [0.2, 0.25) is 0 Å². The fourth-order valence-corrected chi connectivity index (χ4v) is 7.03. The summed E-state index contributed by atoms with van der Waals surface area (Å²) in [5, 5.41) is 10.1. The molecule has 22 heavy (non-hydrogen) atoms. The summed E-state index contributed by atoms with van der Waals surface area (Å²) in [7, 11) is 0. The summed E-state index contributed by atoms with van der Waals surface area (Å²) < 4.78 is 0. The Bertz CT molecular complexity index is 524. The quantitative estimate of drug-likeness (QED) is 0.683. The van der Waals surface area contributed by atoms with Crippen LogP contribution in [0.2, 0.25) is 0 Å². The number of aliphatic hydroxyl groups is 1. The van der Waals surface area contributed by atoms with Crippen LogP contribution in [0, 0.1) is 34.5 Å². The third-order valence-electron chi connectivity index (χ3n) is 8.41. The van der Waals surface area contributed by atoms with Crippen LogP contribution >= 0.6 is 0 Å². The van der Waals surface area contributed by atoms with Gasteiger partial charge in [-0.1, -0.05) is 26.0 Å². The zero-order valence-electron chi connectivity index (χ0n) is 14.1. The number of rotatable bonds is 0.